The second-order valence-corrected chi connectivity index (χ2v) is 11.9. The van der Waals surface area contributed by atoms with Gasteiger partial charge in [0.25, 0.3) is 0 Å². The fourth-order valence-electron chi connectivity index (χ4n) is 4.82. The Morgan fingerprint density at radius 1 is 1.32 bits per heavy atom. The van der Waals surface area contributed by atoms with Crippen molar-refractivity contribution < 1.29 is 18.3 Å². The molecule has 1 saturated heterocycles. The van der Waals surface area contributed by atoms with Crippen molar-refractivity contribution in [1.29, 1.82) is 10.5 Å². The van der Waals surface area contributed by atoms with Crippen LogP contribution in [0.5, 0.6) is 0 Å². The number of benzene rings is 2. The van der Waals surface area contributed by atoms with Crippen molar-refractivity contribution in [3.05, 3.63) is 46.6 Å². The molecule has 1 unspecified atom stereocenters. The normalized spacial score (nSPS) is 15.5. The highest BCUT2D eigenvalue weighted by molar-refractivity contribution is 7.22. The van der Waals surface area contributed by atoms with E-state index in [9.17, 15) is 14.4 Å². The van der Waals surface area contributed by atoms with Gasteiger partial charge >= 0.3 is 6.09 Å². The standard InChI is InChI=1S/C28H24ClF2N7O2S/c1-28(2,3)40-27(39)37-26-36-23-16(4-5-19(30)25(23)41-26)20-18(29)10-17-22(21(20)31)35-12-14(11-33)24(17)38-9-8-34-15(13-38)6-7-32/h4-5,10,12,15,34H,6,8-9,13H2,1-3H3,(H,36,37,39). The number of thiazole rings is 1. The predicted molar refractivity (Wildman–Crippen MR) is 154 cm³/mol. The third-order valence-electron chi connectivity index (χ3n) is 6.43. The number of rotatable bonds is 4. The van der Waals surface area contributed by atoms with Crippen LogP contribution in [0, 0.1) is 34.3 Å². The minimum Gasteiger partial charge on any atom is -0.444 e. The molecule has 9 nitrogen and oxygen atoms in total. The molecule has 1 atom stereocenters. The van der Waals surface area contributed by atoms with Crippen LogP contribution in [0.1, 0.15) is 32.8 Å². The van der Waals surface area contributed by atoms with Gasteiger partial charge < -0.3 is 15.0 Å². The van der Waals surface area contributed by atoms with Crippen LogP contribution in [-0.4, -0.2) is 47.3 Å². The first-order valence-corrected chi connectivity index (χ1v) is 13.9. The van der Waals surface area contributed by atoms with Crippen LogP contribution >= 0.6 is 22.9 Å². The molecule has 1 aliphatic rings. The number of amides is 1. The maximum absolute atomic E-state index is 16.3. The molecular weight excluding hydrogens is 572 g/mol. The number of pyridine rings is 1. The van der Waals surface area contributed by atoms with E-state index < -0.39 is 23.3 Å². The van der Waals surface area contributed by atoms with Crippen molar-refractivity contribution in [2.75, 3.05) is 29.9 Å². The summed E-state index contributed by atoms with van der Waals surface area (Å²) in [6, 6.07) is 8.26. The first-order chi connectivity index (χ1) is 19.5. The number of carbonyl (C=O) groups excluding carboxylic acids is 1. The Bertz CT molecular complexity index is 1770. The minimum atomic E-state index is -0.761. The lowest BCUT2D eigenvalue weighted by atomic mass is 9.99. The first kappa shape index (κ1) is 28.4. The number of nitrogens with one attached hydrogen (secondary N) is 2. The average Bonchev–Trinajstić information content (AvgIpc) is 3.33. The number of hydrogen-bond donors (Lipinski definition) is 2. The van der Waals surface area contributed by atoms with Gasteiger partial charge in [-0.3, -0.25) is 10.3 Å². The third kappa shape index (κ3) is 5.59. The van der Waals surface area contributed by atoms with Crippen molar-refractivity contribution in [1.82, 2.24) is 15.3 Å². The molecule has 0 saturated carbocycles. The quantitative estimate of drug-likeness (QED) is 0.279. The van der Waals surface area contributed by atoms with E-state index in [1.165, 1.54) is 18.3 Å². The summed E-state index contributed by atoms with van der Waals surface area (Å²) in [5.74, 6) is -1.36. The summed E-state index contributed by atoms with van der Waals surface area (Å²) in [5.41, 5.74) is 0.241. The average molecular weight is 596 g/mol. The third-order valence-corrected chi connectivity index (χ3v) is 7.71. The monoisotopic (exact) mass is 595 g/mol. The molecule has 1 amide bonds. The molecule has 0 radical (unpaired) electrons. The smallest absolute Gasteiger partial charge is 0.413 e. The fraction of sp³-hybridized carbons (Fsp3) is 0.321. The molecule has 0 aliphatic carbocycles. The van der Waals surface area contributed by atoms with Gasteiger partial charge in [-0.25, -0.2) is 18.6 Å². The molecule has 0 spiro atoms. The summed E-state index contributed by atoms with van der Waals surface area (Å²) in [6.45, 7) is 6.66. The molecule has 3 heterocycles. The van der Waals surface area contributed by atoms with E-state index >= 15 is 4.39 Å². The first-order valence-electron chi connectivity index (χ1n) is 12.7. The molecule has 2 aromatic carbocycles. The molecule has 2 N–H and O–H groups in total. The SMILES string of the molecule is CC(C)(C)OC(=O)Nc1nc2c(-c3c(Cl)cc4c(N5CCNC(CC#N)C5)c(C#N)cnc4c3F)ccc(F)c2s1. The molecule has 0 bridgehead atoms. The number of carbonyl (C=O) groups is 1. The van der Waals surface area contributed by atoms with E-state index in [-0.39, 0.29) is 55.0 Å². The van der Waals surface area contributed by atoms with E-state index in [1.807, 2.05) is 4.90 Å². The maximum Gasteiger partial charge on any atom is 0.413 e. The lowest BCUT2D eigenvalue weighted by molar-refractivity contribution is 0.0636. The molecular formula is C28H24ClF2N7O2S. The van der Waals surface area contributed by atoms with Crippen LogP contribution in [0.15, 0.2) is 24.4 Å². The number of ether oxygens (including phenoxy) is 1. The second kappa shape index (κ2) is 11.1. The Balaban J connectivity index is 1.63. The molecule has 2 aromatic heterocycles. The van der Waals surface area contributed by atoms with E-state index in [2.05, 4.69) is 32.7 Å². The molecule has 13 heteroatoms. The van der Waals surface area contributed by atoms with Crippen LogP contribution in [0.4, 0.5) is 24.4 Å². The number of nitriles is 2. The summed E-state index contributed by atoms with van der Waals surface area (Å²) in [6.07, 6.45) is 0.828. The molecule has 210 valence electrons. The summed E-state index contributed by atoms with van der Waals surface area (Å²) < 4.78 is 36.5. The highest BCUT2D eigenvalue weighted by Crippen LogP contribution is 2.43. The van der Waals surface area contributed by atoms with Crippen molar-refractivity contribution in [3.8, 4) is 23.3 Å². The van der Waals surface area contributed by atoms with Crippen molar-refractivity contribution in [2.45, 2.75) is 38.8 Å². The van der Waals surface area contributed by atoms with Gasteiger partial charge in [0, 0.05) is 48.4 Å². The van der Waals surface area contributed by atoms with Crippen molar-refractivity contribution in [3.63, 3.8) is 0 Å². The number of anilines is 2. The number of aromatic nitrogens is 2. The predicted octanol–water partition coefficient (Wildman–Crippen LogP) is 6.35. The van der Waals surface area contributed by atoms with Crippen molar-refractivity contribution >= 4 is 61.0 Å². The van der Waals surface area contributed by atoms with E-state index in [0.717, 1.165) is 11.3 Å². The fourth-order valence-corrected chi connectivity index (χ4v) is 5.99. The number of fused-ring (bicyclic) bond motifs is 2. The van der Waals surface area contributed by atoms with Crippen LogP contribution in [0.3, 0.4) is 0 Å². The Morgan fingerprint density at radius 3 is 2.80 bits per heavy atom. The number of halogens is 3. The van der Waals surface area contributed by atoms with Gasteiger partial charge in [-0.15, -0.1) is 0 Å². The Labute approximate surface area is 243 Å². The zero-order valence-corrected chi connectivity index (χ0v) is 23.9. The van der Waals surface area contributed by atoms with Gasteiger partial charge in [0.15, 0.2) is 10.9 Å². The van der Waals surface area contributed by atoms with Crippen LogP contribution in [-0.2, 0) is 4.74 Å². The molecule has 41 heavy (non-hydrogen) atoms. The number of nitrogens with zero attached hydrogens (tertiary/aromatic N) is 5. The Morgan fingerprint density at radius 2 is 2.10 bits per heavy atom. The lowest BCUT2D eigenvalue weighted by Crippen LogP contribution is -2.50. The summed E-state index contributed by atoms with van der Waals surface area (Å²) >= 11 is 7.58. The van der Waals surface area contributed by atoms with E-state index in [4.69, 9.17) is 21.6 Å². The van der Waals surface area contributed by atoms with E-state index in [0.29, 0.717) is 30.7 Å². The second-order valence-electron chi connectivity index (χ2n) is 10.5. The highest BCUT2D eigenvalue weighted by Gasteiger charge is 2.27. The summed E-state index contributed by atoms with van der Waals surface area (Å²) in [4.78, 5) is 22.8. The zero-order chi connectivity index (χ0) is 29.5. The molecule has 4 aromatic rings. The zero-order valence-electron chi connectivity index (χ0n) is 22.3. The molecule has 5 rings (SSSR count). The number of piperazine rings is 1. The summed E-state index contributed by atoms with van der Waals surface area (Å²) in [7, 11) is 0. The van der Waals surface area contributed by atoms with Gasteiger partial charge in [0.1, 0.15) is 23.0 Å². The van der Waals surface area contributed by atoms with Gasteiger partial charge in [-0.05, 0) is 39.0 Å². The lowest BCUT2D eigenvalue weighted by Gasteiger charge is -2.35. The van der Waals surface area contributed by atoms with Crippen molar-refractivity contribution in [2.24, 2.45) is 0 Å². The Hall–Kier alpha value is -4.10. The van der Waals surface area contributed by atoms with Gasteiger partial charge in [0.2, 0.25) is 0 Å². The number of hydrogen-bond acceptors (Lipinski definition) is 9. The van der Waals surface area contributed by atoms with Crippen LogP contribution in [0.25, 0.3) is 32.2 Å². The van der Waals surface area contributed by atoms with Gasteiger partial charge in [0.05, 0.1) is 39.0 Å². The largest absolute Gasteiger partial charge is 0.444 e. The van der Waals surface area contributed by atoms with E-state index in [1.54, 1.807) is 26.8 Å². The van der Waals surface area contributed by atoms with Gasteiger partial charge in [-0.2, -0.15) is 10.5 Å². The van der Waals surface area contributed by atoms with Crippen LogP contribution in [0.2, 0.25) is 5.02 Å². The molecule has 1 fully saturated rings. The highest BCUT2D eigenvalue weighted by atomic mass is 35.5. The Kier molecular flexibility index (Phi) is 7.66. The van der Waals surface area contributed by atoms with Crippen LogP contribution < -0.4 is 15.5 Å². The topological polar surface area (TPSA) is 127 Å². The molecule has 1 aliphatic heterocycles. The minimum absolute atomic E-state index is 0.0133. The summed E-state index contributed by atoms with van der Waals surface area (Å²) in [5, 5.41) is 25.2. The van der Waals surface area contributed by atoms with Gasteiger partial charge in [-0.1, -0.05) is 22.9 Å². The maximum atomic E-state index is 16.3.